The zero-order valence-electron chi connectivity index (χ0n) is 10.7. The van der Waals surface area contributed by atoms with Gasteiger partial charge in [-0.3, -0.25) is 0 Å². The third kappa shape index (κ3) is 3.37. The SMILES string of the molecule is Cc1cccc(Cc2nnnn2CCCCN)c1. The Morgan fingerprint density at radius 1 is 1.28 bits per heavy atom. The molecule has 0 aliphatic rings. The molecule has 2 N–H and O–H groups in total. The number of unbranched alkanes of at least 4 members (excludes halogenated alkanes) is 1. The van der Waals surface area contributed by atoms with Crippen molar-refractivity contribution in [2.75, 3.05) is 6.54 Å². The Kier molecular flexibility index (Phi) is 4.41. The highest BCUT2D eigenvalue weighted by Gasteiger charge is 2.06. The molecular formula is C13H19N5. The van der Waals surface area contributed by atoms with Crippen molar-refractivity contribution in [3.63, 3.8) is 0 Å². The van der Waals surface area contributed by atoms with Gasteiger partial charge in [0.1, 0.15) is 0 Å². The standard InChI is InChI=1S/C13H19N5/c1-11-5-4-6-12(9-11)10-13-15-16-17-18(13)8-3-2-7-14/h4-6,9H,2-3,7-8,10,14H2,1H3. The Bertz CT molecular complexity index is 492. The molecular weight excluding hydrogens is 226 g/mol. The molecule has 0 saturated heterocycles. The lowest BCUT2D eigenvalue weighted by Crippen LogP contribution is -2.08. The second-order valence-electron chi connectivity index (χ2n) is 4.48. The maximum atomic E-state index is 5.49. The summed E-state index contributed by atoms with van der Waals surface area (Å²) in [4.78, 5) is 0. The van der Waals surface area contributed by atoms with E-state index in [-0.39, 0.29) is 0 Å². The van der Waals surface area contributed by atoms with Crippen LogP contribution in [-0.4, -0.2) is 26.8 Å². The van der Waals surface area contributed by atoms with E-state index in [9.17, 15) is 0 Å². The number of nitrogens with two attached hydrogens (primary N) is 1. The van der Waals surface area contributed by atoms with Crippen LogP contribution in [0, 0.1) is 6.92 Å². The first-order chi connectivity index (χ1) is 8.79. The second-order valence-corrected chi connectivity index (χ2v) is 4.48. The quantitative estimate of drug-likeness (QED) is 0.779. The first-order valence-electron chi connectivity index (χ1n) is 6.30. The molecule has 0 atom stereocenters. The molecule has 0 aliphatic carbocycles. The minimum Gasteiger partial charge on any atom is -0.330 e. The van der Waals surface area contributed by atoms with Crippen molar-refractivity contribution in [2.45, 2.75) is 32.7 Å². The number of hydrogen-bond donors (Lipinski definition) is 1. The lowest BCUT2D eigenvalue weighted by atomic mass is 10.1. The Labute approximate surface area is 107 Å². The predicted octanol–water partition coefficient (Wildman–Crippen LogP) is 1.31. The van der Waals surface area contributed by atoms with Gasteiger partial charge in [-0.25, -0.2) is 4.68 Å². The molecule has 18 heavy (non-hydrogen) atoms. The number of nitrogens with zero attached hydrogens (tertiary/aromatic N) is 4. The van der Waals surface area contributed by atoms with Gasteiger partial charge < -0.3 is 5.73 Å². The maximum Gasteiger partial charge on any atom is 0.155 e. The van der Waals surface area contributed by atoms with Crippen LogP contribution in [0.4, 0.5) is 0 Å². The molecule has 0 saturated carbocycles. The first-order valence-corrected chi connectivity index (χ1v) is 6.30. The molecule has 5 nitrogen and oxygen atoms in total. The predicted molar refractivity (Wildman–Crippen MR) is 70.1 cm³/mol. The lowest BCUT2D eigenvalue weighted by Gasteiger charge is -2.04. The first kappa shape index (κ1) is 12.7. The summed E-state index contributed by atoms with van der Waals surface area (Å²) in [6.45, 7) is 3.65. The molecule has 2 rings (SSSR count). The molecule has 2 aromatic rings. The van der Waals surface area contributed by atoms with Crippen molar-refractivity contribution in [3.8, 4) is 0 Å². The van der Waals surface area contributed by atoms with E-state index in [4.69, 9.17) is 5.73 Å². The average molecular weight is 245 g/mol. The molecule has 1 aromatic heterocycles. The van der Waals surface area contributed by atoms with Crippen molar-refractivity contribution in [1.82, 2.24) is 20.2 Å². The molecule has 1 heterocycles. The van der Waals surface area contributed by atoms with Gasteiger partial charge in [-0.15, -0.1) is 5.10 Å². The van der Waals surface area contributed by atoms with Crippen molar-refractivity contribution >= 4 is 0 Å². The Hall–Kier alpha value is -1.75. The van der Waals surface area contributed by atoms with Crippen LogP contribution in [0.2, 0.25) is 0 Å². The summed E-state index contributed by atoms with van der Waals surface area (Å²) in [7, 11) is 0. The Morgan fingerprint density at radius 3 is 2.94 bits per heavy atom. The van der Waals surface area contributed by atoms with Crippen LogP contribution in [0.1, 0.15) is 29.8 Å². The second kappa shape index (κ2) is 6.26. The molecule has 0 amide bonds. The van der Waals surface area contributed by atoms with E-state index in [1.54, 1.807) is 0 Å². The van der Waals surface area contributed by atoms with Crippen LogP contribution >= 0.6 is 0 Å². The molecule has 0 bridgehead atoms. The average Bonchev–Trinajstić information content (AvgIpc) is 2.77. The summed E-state index contributed by atoms with van der Waals surface area (Å²) >= 11 is 0. The molecule has 1 aromatic carbocycles. The topological polar surface area (TPSA) is 69.6 Å². The van der Waals surface area contributed by atoms with Gasteiger partial charge in [-0.05, 0) is 42.3 Å². The highest BCUT2D eigenvalue weighted by Crippen LogP contribution is 2.09. The van der Waals surface area contributed by atoms with E-state index >= 15 is 0 Å². The van der Waals surface area contributed by atoms with Crippen LogP contribution in [0.3, 0.4) is 0 Å². The molecule has 0 spiro atoms. The number of aryl methyl sites for hydroxylation is 2. The van der Waals surface area contributed by atoms with Gasteiger partial charge in [0.2, 0.25) is 0 Å². The zero-order valence-corrected chi connectivity index (χ0v) is 10.7. The van der Waals surface area contributed by atoms with E-state index in [2.05, 4.69) is 46.7 Å². The summed E-state index contributed by atoms with van der Waals surface area (Å²) in [5.74, 6) is 0.914. The van der Waals surface area contributed by atoms with Gasteiger partial charge >= 0.3 is 0 Å². The van der Waals surface area contributed by atoms with Crippen LogP contribution in [0.15, 0.2) is 24.3 Å². The largest absolute Gasteiger partial charge is 0.330 e. The van der Waals surface area contributed by atoms with Gasteiger partial charge in [-0.2, -0.15) is 0 Å². The summed E-state index contributed by atoms with van der Waals surface area (Å²) in [5.41, 5.74) is 7.98. The van der Waals surface area contributed by atoms with E-state index < -0.39 is 0 Å². The minimum absolute atomic E-state index is 0.718. The van der Waals surface area contributed by atoms with Crippen LogP contribution < -0.4 is 5.73 Å². The Balaban J connectivity index is 2.03. The van der Waals surface area contributed by atoms with E-state index in [1.165, 1.54) is 11.1 Å². The number of benzene rings is 1. The summed E-state index contributed by atoms with van der Waals surface area (Å²) in [6.07, 6.45) is 2.80. The van der Waals surface area contributed by atoms with Crippen LogP contribution in [0.5, 0.6) is 0 Å². The van der Waals surface area contributed by atoms with Gasteiger partial charge in [0.05, 0.1) is 0 Å². The van der Waals surface area contributed by atoms with E-state index in [0.717, 1.165) is 38.2 Å². The third-order valence-corrected chi connectivity index (χ3v) is 2.87. The smallest absolute Gasteiger partial charge is 0.155 e. The highest BCUT2D eigenvalue weighted by atomic mass is 15.5. The number of rotatable bonds is 6. The fourth-order valence-corrected chi connectivity index (χ4v) is 1.93. The van der Waals surface area contributed by atoms with Crippen LogP contribution in [-0.2, 0) is 13.0 Å². The van der Waals surface area contributed by atoms with Crippen molar-refractivity contribution in [2.24, 2.45) is 5.73 Å². The fourth-order valence-electron chi connectivity index (χ4n) is 1.93. The van der Waals surface area contributed by atoms with Gasteiger partial charge in [-0.1, -0.05) is 29.8 Å². The highest BCUT2D eigenvalue weighted by molar-refractivity contribution is 5.24. The van der Waals surface area contributed by atoms with Gasteiger partial charge in [0, 0.05) is 13.0 Å². The summed E-state index contributed by atoms with van der Waals surface area (Å²) in [6, 6.07) is 8.42. The molecule has 0 radical (unpaired) electrons. The molecule has 0 unspecified atom stereocenters. The minimum atomic E-state index is 0.718. The zero-order chi connectivity index (χ0) is 12.8. The molecule has 5 heteroatoms. The summed E-state index contributed by atoms with van der Waals surface area (Å²) < 4.78 is 1.87. The number of aromatic nitrogens is 4. The molecule has 96 valence electrons. The van der Waals surface area contributed by atoms with Crippen molar-refractivity contribution in [1.29, 1.82) is 0 Å². The van der Waals surface area contributed by atoms with Crippen molar-refractivity contribution < 1.29 is 0 Å². The monoisotopic (exact) mass is 245 g/mol. The van der Waals surface area contributed by atoms with Crippen molar-refractivity contribution in [3.05, 3.63) is 41.2 Å². The maximum absolute atomic E-state index is 5.49. The summed E-state index contributed by atoms with van der Waals surface area (Å²) in [5, 5.41) is 11.9. The normalized spacial score (nSPS) is 10.8. The lowest BCUT2D eigenvalue weighted by molar-refractivity contribution is 0.529. The third-order valence-electron chi connectivity index (χ3n) is 2.87. The molecule has 0 aliphatic heterocycles. The van der Waals surface area contributed by atoms with Crippen LogP contribution in [0.25, 0.3) is 0 Å². The number of hydrogen-bond acceptors (Lipinski definition) is 4. The van der Waals surface area contributed by atoms with Gasteiger partial charge in [0.15, 0.2) is 5.82 Å². The van der Waals surface area contributed by atoms with Gasteiger partial charge in [0.25, 0.3) is 0 Å². The fraction of sp³-hybridized carbons (Fsp3) is 0.462. The Morgan fingerprint density at radius 2 is 2.17 bits per heavy atom. The van der Waals surface area contributed by atoms with E-state index in [1.807, 2.05) is 4.68 Å². The number of tetrazole rings is 1. The van der Waals surface area contributed by atoms with E-state index in [0.29, 0.717) is 0 Å². The molecule has 0 fully saturated rings.